The molecule has 2 rings (SSSR count). The third-order valence-electron chi connectivity index (χ3n) is 2.05. The van der Waals surface area contributed by atoms with Crippen molar-refractivity contribution in [2.45, 2.75) is 6.03 Å². The molecule has 0 bridgehead atoms. The van der Waals surface area contributed by atoms with Gasteiger partial charge < -0.3 is 9.47 Å². The molecule has 0 aromatic heterocycles. The number of ether oxygens (including phenoxy) is 2. The standard InChI is InChI=1S/C13H11O3P/c14-17-13(15-11-7-3-1-4-8-11)16-12-9-5-2-6-10-12/h1-10,13H. The lowest BCUT2D eigenvalue weighted by Crippen LogP contribution is -2.16. The zero-order valence-corrected chi connectivity index (χ0v) is 9.92. The molecule has 0 radical (unpaired) electrons. The fraction of sp³-hybridized carbons (Fsp3) is 0.0769. The molecule has 2 aromatic carbocycles. The SMILES string of the molecule is O=PC(Oc1ccccc1)Oc1ccccc1. The second kappa shape index (κ2) is 6.02. The Hall–Kier alpha value is -1.86. The minimum atomic E-state index is -0.834. The average molecular weight is 246 g/mol. The van der Waals surface area contributed by atoms with Gasteiger partial charge in [0.1, 0.15) is 11.5 Å². The molecule has 17 heavy (non-hydrogen) atoms. The zero-order valence-electron chi connectivity index (χ0n) is 9.02. The molecule has 4 heteroatoms. The molecule has 0 spiro atoms. The molecular weight excluding hydrogens is 235 g/mol. The van der Waals surface area contributed by atoms with Crippen LogP contribution < -0.4 is 9.47 Å². The van der Waals surface area contributed by atoms with E-state index in [1.54, 1.807) is 24.3 Å². The Morgan fingerprint density at radius 1 is 0.765 bits per heavy atom. The third-order valence-corrected chi connectivity index (χ3v) is 2.43. The van der Waals surface area contributed by atoms with E-state index in [1.165, 1.54) is 0 Å². The average Bonchev–Trinajstić information content (AvgIpc) is 2.40. The van der Waals surface area contributed by atoms with Crippen molar-refractivity contribution < 1.29 is 14.0 Å². The van der Waals surface area contributed by atoms with Crippen LogP contribution in [0.3, 0.4) is 0 Å². The molecule has 0 unspecified atom stereocenters. The van der Waals surface area contributed by atoms with Crippen LogP contribution in [-0.2, 0) is 4.57 Å². The van der Waals surface area contributed by atoms with Crippen molar-refractivity contribution in [3.8, 4) is 11.5 Å². The van der Waals surface area contributed by atoms with Crippen LogP contribution in [0.5, 0.6) is 11.5 Å². The maximum atomic E-state index is 11.0. The lowest BCUT2D eigenvalue weighted by molar-refractivity contribution is 0.0790. The summed E-state index contributed by atoms with van der Waals surface area (Å²) in [5, 5.41) is 0. The van der Waals surface area contributed by atoms with Gasteiger partial charge in [-0.05, 0) is 24.3 Å². The molecule has 86 valence electrons. The summed E-state index contributed by atoms with van der Waals surface area (Å²) < 4.78 is 21.8. The fourth-order valence-corrected chi connectivity index (χ4v) is 1.63. The van der Waals surface area contributed by atoms with E-state index in [0.29, 0.717) is 11.5 Å². The fourth-order valence-electron chi connectivity index (χ4n) is 1.30. The Kier molecular flexibility index (Phi) is 4.11. The highest BCUT2D eigenvalue weighted by Gasteiger charge is 2.11. The quantitative estimate of drug-likeness (QED) is 0.595. The number of hydrogen-bond acceptors (Lipinski definition) is 3. The number of benzene rings is 2. The van der Waals surface area contributed by atoms with Crippen molar-refractivity contribution in [1.82, 2.24) is 0 Å². The molecule has 0 atom stereocenters. The van der Waals surface area contributed by atoms with Gasteiger partial charge in [-0.1, -0.05) is 36.4 Å². The van der Waals surface area contributed by atoms with Crippen molar-refractivity contribution in [2.24, 2.45) is 0 Å². The predicted molar refractivity (Wildman–Crippen MR) is 65.5 cm³/mol. The van der Waals surface area contributed by atoms with Gasteiger partial charge in [0.25, 0.3) is 0 Å². The van der Waals surface area contributed by atoms with Crippen molar-refractivity contribution >= 4 is 8.46 Å². The Balaban J connectivity index is 2.01. The van der Waals surface area contributed by atoms with Crippen LogP contribution in [-0.4, -0.2) is 6.03 Å². The van der Waals surface area contributed by atoms with E-state index < -0.39 is 6.03 Å². The van der Waals surface area contributed by atoms with Gasteiger partial charge in [-0.15, -0.1) is 0 Å². The van der Waals surface area contributed by atoms with Gasteiger partial charge in [0.15, 0.2) is 0 Å². The minimum Gasteiger partial charge on any atom is -0.445 e. The first-order valence-corrected chi connectivity index (χ1v) is 6.02. The summed E-state index contributed by atoms with van der Waals surface area (Å²) in [6.07, 6.45) is 0. The Morgan fingerprint density at radius 2 is 1.18 bits per heavy atom. The normalized spacial score (nSPS) is 10.4. The van der Waals surface area contributed by atoms with Gasteiger partial charge in [0, 0.05) is 0 Å². The van der Waals surface area contributed by atoms with Gasteiger partial charge in [-0.2, -0.15) is 0 Å². The van der Waals surface area contributed by atoms with Crippen LogP contribution >= 0.6 is 8.46 Å². The van der Waals surface area contributed by atoms with Crippen molar-refractivity contribution in [3.63, 3.8) is 0 Å². The Bertz CT molecular complexity index is 417. The summed E-state index contributed by atoms with van der Waals surface area (Å²) in [4.78, 5) is 0. The van der Waals surface area contributed by atoms with Crippen LogP contribution in [0.2, 0.25) is 0 Å². The second-order valence-corrected chi connectivity index (χ2v) is 3.91. The van der Waals surface area contributed by atoms with Crippen LogP contribution in [0, 0.1) is 0 Å². The second-order valence-electron chi connectivity index (χ2n) is 3.27. The van der Waals surface area contributed by atoms with E-state index in [4.69, 9.17) is 9.47 Å². The topological polar surface area (TPSA) is 35.5 Å². The summed E-state index contributed by atoms with van der Waals surface area (Å²) in [6, 6.07) is 17.4. The molecule has 0 aliphatic heterocycles. The number of hydrogen-bond donors (Lipinski definition) is 0. The van der Waals surface area contributed by atoms with E-state index >= 15 is 0 Å². The minimum absolute atomic E-state index is 0.215. The summed E-state index contributed by atoms with van der Waals surface area (Å²) in [5.41, 5.74) is 0. The van der Waals surface area contributed by atoms with Gasteiger partial charge in [-0.3, -0.25) is 4.57 Å². The Labute approximate surface area is 101 Å². The van der Waals surface area contributed by atoms with Gasteiger partial charge in [0.2, 0.25) is 8.46 Å². The highest BCUT2D eigenvalue weighted by atomic mass is 31.1. The van der Waals surface area contributed by atoms with Crippen LogP contribution in [0.15, 0.2) is 60.7 Å². The molecule has 0 amide bonds. The highest BCUT2D eigenvalue weighted by molar-refractivity contribution is 7.24. The molecule has 2 aromatic rings. The monoisotopic (exact) mass is 246 g/mol. The summed E-state index contributed by atoms with van der Waals surface area (Å²) in [6.45, 7) is 0. The van der Waals surface area contributed by atoms with Gasteiger partial charge in [0.05, 0.1) is 0 Å². The van der Waals surface area contributed by atoms with Crippen LogP contribution in [0.25, 0.3) is 0 Å². The first-order valence-electron chi connectivity index (χ1n) is 5.14. The molecule has 0 aliphatic rings. The summed E-state index contributed by atoms with van der Waals surface area (Å²) >= 11 is 0. The largest absolute Gasteiger partial charge is 0.445 e. The third kappa shape index (κ3) is 3.58. The van der Waals surface area contributed by atoms with Crippen molar-refractivity contribution in [3.05, 3.63) is 60.7 Å². The molecule has 0 aliphatic carbocycles. The van der Waals surface area contributed by atoms with E-state index in [1.807, 2.05) is 36.4 Å². The highest BCUT2D eigenvalue weighted by Crippen LogP contribution is 2.20. The molecular formula is C13H11O3P. The zero-order chi connectivity index (χ0) is 11.9. The van der Waals surface area contributed by atoms with Gasteiger partial charge >= 0.3 is 6.03 Å². The van der Waals surface area contributed by atoms with E-state index in [0.717, 1.165) is 0 Å². The molecule has 0 fully saturated rings. The maximum Gasteiger partial charge on any atom is 0.322 e. The van der Waals surface area contributed by atoms with E-state index in [9.17, 15) is 4.57 Å². The first-order chi connectivity index (χ1) is 8.38. The molecule has 3 nitrogen and oxygen atoms in total. The smallest absolute Gasteiger partial charge is 0.322 e. The van der Waals surface area contributed by atoms with Gasteiger partial charge in [-0.25, -0.2) is 0 Å². The predicted octanol–water partition coefficient (Wildman–Crippen LogP) is 3.72. The molecule has 0 saturated carbocycles. The Morgan fingerprint density at radius 3 is 1.53 bits per heavy atom. The lowest BCUT2D eigenvalue weighted by atomic mass is 10.3. The summed E-state index contributed by atoms with van der Waals surface area (Å²) in [5.74, 6) is 1.24. The molecule has 0 N–H and O–H groups in total. The van der Waals surface area contributed by atoms with Crippen LogP contribution in [0.1, 0.15) is 0 Å². The number of para-hydroxylation sites is 2. The first kappa shape index (κ1) is 11.6. The maximum absolute atomic E-state index is 11.0. The molecule has 0 saturated heterocycles. The van der Waals surface area contributed by atoms with E-state index in [-0.39, 0.29) is 8.46 Å². The van der Waals surface area contributed by atoms with E-state index in [2.05, 4.69) is 0 Å². The summed E-state index contributed by atoms with van der Waals surface area (Å²) in [7, 11) is -0.215. The van der Waals surface area contributed by atoms with Crippen molar-refractivity contribution in [2.75, 3.05) is 0 Å². The molecule has 0 heterocycles. The number of rotatable bonds is 5. The lowest BCUT2D eigenvalue weighted by Gasteiger charge is -2.14. The van der Waals surface area contributed by atoms with Crippen LogP contribution in [0.4, 0.5) is 0 Å². The van der Waals surface area contributed by atoms with Crippen molar-refractivity contribution in [1.29, 1.82) is 0 Å².